The second-order valence-electron chi connectivity index (χ2n) is 5.58. The summed E-state index contributed by atoms with van der Waals surface area (Å²) >= 11 is 0. The van der Waals surface area contributed by atoms with Crippen LogP contribution in [0, 0.1) is 17.2 Å². The molecule has 0 aromatic carbocycles. The van der Waals surface area contributed by atoms with Crippen LogP contribution < -0.4 is 10.6 Å². The molecule has 18 heavy (non-hydrogen) atoms. The molecular formula is C14H20N4. The number of nitrogens with zero attached hydrogens (tertiary/aromatic N) is 2. The molecule has 4 heteroatoms. The molecule has 0 bridgehead atoms. The van der Waals surface area contributed by atoms with Gasteiger partial charge in [-0.3, -0.25) is 5.41 Å². The van der Waals surface area contributed by atoms with Gasteiger partial charge in [0.1, 0.15) is 11.7 Å². The van der Waals surface area contributed by atoms with Crippen LogP contribution >= 0.6 is 0 Å². The number of nitrogens with one attached hydrogen (secondary N) is 1. The summed E-state index contributed by atoms with van der Waals surface area (Å²) in [5.41, 5.74) is 6.44. The molecule has 96 valence electrons. The molecule has 0 amide bonds. The van der Waals surface area contributed by atoms with Crippen LogP contribution in [-0.4, -0.2) is 23.9 Å². The largest absolute Gasteiger partial charge is 0.384 e. The molecule has 0 unspecified atom stereocenters. The molecule has 3 rings (SSSR count). The maximum absolute atomic E-state index is 7.68. The summed E-state index contributed by atoms with van der Waals surface area (Å²) in [5, 5.41) is 7.68. The number of anilines is 1. The first-order valence-corrected chi connectivity index (χ1v) is 6.78. The molecule has 2 saturated carbocycles. The van der Waals surface area contributed by atoms with E-state index in [0.717, 1.165) is 36.3 Å². The molecule has 1 heterocycles. The molecule has 2 fully saturated rings. The van der Waals surface area contributed by atoms with Gasteiger partial charge in [0.15, 0.2) is 0 Å². The van der Waals surface area contributed by atoms with Crippen molar-refractivity contribution in [2.45, 2.75) is 25.7 Å². The number of hydrogen-bond acceptors (Lipinski definition) is 3. The van der Waals surface area contributed by atoms with E-state index in [1.165, 1.54) is 25.7 Å². The summed E-state index contributed by atoms with van der Waals surface area (Å²) in [6.45, 7) is 2.15. The number of nitrogens with two attached hydrogens (primary N) is 1. The van der Waals surface area contributed by atoms with Crippen molar-refractivity contribution in [1.29, 1.82) is 5.41 Å². The highest BCUT2D eigenvalue weighted by molar-refractivity contribution is 5.99. The zero-order chi connectivity index (χ0) is 12.5. The Labute approximate surface area is 108 Å². The second-order valence-corrected chi connectivity index (χ2v) is 5.58. The van der Waals surface area contributed by atoms with E-state index in [2.05, 4.69) is 9.88 Å². The molecule has 0 saturated heterocycles. The molecule has 4 nitrogen and oxygen atoms in total. The van der Waals surface area contributed by atoms with Crippen molar-refractivity contribution in [1.82, 2.24) is 4.98 Å². The van der Waals surface area contributed by atoms with Crippen LogP contribution in [0.25, 0.3) is 0 Å². The van der Waals surface area contributed by atoms with Crippen LogP contribution in [0.15, 0.2) is 18.3 Å². The van der Waals surface area contributed by atoms with Gasteiger partial charge in [0.2, 0.25) is 0 Å². The zero-order valence-corrected chi connectivity index (χ0v) is 10.6. The van der Waals surface area contributed by atoms with Crippen molar-refractivity contribution < 1.29 is 0 Å². The highest BCUT2D eigenvalue weighted by Crippen LogP contribution is 2.35. The molecule has 0 atom stereocenters. The fraction of sp³-hybridized carbons (Fsp3) is 0.571. The Bertz CT molecular complexity index is 435. The molecule has 3 N–H and O–H groups in total. The van der Waals surface area contributed by atoms with Gasteiger partial charge >= 0.3 is 0 Å². The predicted molar refractivity (Wildman–Crippen MR) is 72.9 cm³/mol. The summed E-state index contributed by atoms with van der Waals surface area (Å²) in [7, 11) is 0. The van der Waals surface area contributed by atoms with Gasteiger partial charge in [-0.05, 0) is 49.7 Å². The van der Waals surface area contributed by atoms with Gasteiger partial charge in [0.05, 0.1) is 5.56 Å². The van der Waals surface area contributed by atoms with Crippen molar-refractivity contribution in [2.75, 3.05) is 18.0 Å². The van der Waals surface area contributed by atoms with Crippen LogP contribution in [0.5, 0.6) is 0 Å². The predicted octanol–water partition coefficient (Wildman–Crippen LogP) is 1.99. The van der Waals surface area contributed by atoms with Gasteiger partial charge in [-0.1, -0.05) is 0 Å². The van der Waals surface area contributed by atoms with Crippen molar-refractivity contribution in [3.8, 4) is 0 Å². The molecule has 0 spiro atoms. The lowest BCUT2D eigenvalue weighted by atomic mass is 10.2. The third-order valence-corrected chi connectivity index (χ3v) is 3.73. The summed E-state index contributed by atoms with van der Waals surface area (Å²) in [6.07, 6.45) is 7.15. The van der Waals surface area contributed by atoms with Crippen LogP contribution in [0.2, 0.25) is 0 Å². The van der Waals surface area contributed by atoms with Gasteiger partial charge in [-0.25, -0.2) is 4.98 Å². The SMILES string of the molecule is N=C(N)c1cccnc1N(CC1CC1)CC1CC1. The van der Waals surface area contributed by atoms with Gasteiger partial charge in [-0.2, -0.15) is 0 Å². The van der Waals surface area contributed by atoms with Gasteiger partial charge in [-0.15, -0.1) is 0 Å². The Morgan fingerprint density at radius 2 is 1.89 bits per heavy atom. The second kappa shape index (κ2) is 4.59. The maximum Gasteiger partial charge on any atom is 0.139 e. The Hall–Kier alpha value is -1.58. The first kappa shape index (κ1) is 11.5. The Balaban J connectivity index is 1.84. The minimum atomic E-state index is 0.120. The van der Waals surface area contributed by atoms with E-state index in [4.69, 9.17) is 11.1 Å². The number of nitrogen functional groups attached to an aromatic ring is 1. The number of pyridine rings is 1. The molecule has 1 aromatic heterocycles. The van der Waals surface area contributed by atoms with Crippen LogP contribution in [0.1, 0.15) is 31.2 Å². The lowest BCUT2D eigenvalue weighted by Crippen LogP contribution is -2.31. The van der Waals surface area contributed by atoms with E-state index < -0.39 is 0 Å². The number of aromatic nitrogens is 1. The van der Waals surface area contributed by atoms with E-state index in [1.807, 2.05) is 12.1 Å². The van der Waals surface area contributed by atoms with E-state index in [-0.39, 0.29) is 5.84 Å². The third-order valence-electron chi connectivity index (χ3n) is 3.73. The molecule has 2 aliphatic rings. The molecule has 1 aromatic rings. The van der Waals surface area contributed by atoms with Crippen LogP contribution in [0.4, 0.5) is 5.82 Å². The summed E-state index contributed by atoms with van der Waals surface area (Å²) in [5.74, 6) is 2.68. The first-order valence-electron chi connectivity index (χ1n) is 6.78. The number of rotatable bonds is 6. The van der Waals surface area contributed by atoms with Gasteiger partial charge in [0, 0.05) is 19.3 Å². The zero-order valence-electron chi connectivity index (χ0n) is 10.6. The summed E-state index contributed by atoms with van der Waals surface area (Å²) in [6, 6.07) is 3.75. The van der Waals surface area contributed by atoms with Crippen LogP contribution in [0.3, 0.4) is 0 Å². The molecular weight excluding hydrogens is 224 g/mol. The van der Waals surface area contributed by atoms with Crippen molar-refractivity contribution in [3.05, 3.63) is 23.9 Å². The van der Waals surface area contributed by atoms with Crippen molar-refractivity contribution >= 4 is 11.7 Å². The standard InChI is InChI=1S/C14H20N4/c15-13(16)12-2-1-7-17-14(12)18(8-10-3-4-10)9-11-5-6-11/h1-2,7,10-11H,3-6,8-9H2,(H3,15,16). The highest BCUT2D eigenvalue weighted by Gasteiger charge is 2.30. The highest BCUT2D eigenvalue weighted by atomic mass is 15.2. The van der Waals surface area contributed by atoms with E-state index in [0.29, 0.717) is 0 Å². The number of hydrogen-bond donors (Lipinski definition) is 2. The van der Waals surface area contributed by atoms with Gasteiger partial charge in [0.25, 0.3) is 0 Å². The molecule has 0 radical (unpaired) electrons. The minimum absolute atomic E-state index is 0.120. The average molecular weight is 244 g/mol. The van der Waals surface area contributed by atoms with Crippen molar-refractivity contribution in [3.63, 3.8) is 0 Å². The Kier molecular flexibility index (Phi) is 2.94. The lowest BCUT2D eigenvalue weighted by Gasteiger charge is -2.25. The smallest absolute Gasteiger partial charge is 0.139 e. The van der Waals surface area contributed by atoms with E-state index >= 15 is 0 Å². The topological polar surface area (TPSA) is 66.0 Å². The first-order chi connectivity index (χ1) is 8.74. The Morgan fingerprint density at radius 1 is 1.28 bits per heavy atom. The fourth-order valence-electron chi connectivity index (χ4n) is 2.33. The third kappa shape index (κ3) is 2.63. The lowest BCUT2D eigenvalue weighted by molar-refractivity contribution is 0.671. The summed E-state index contributed by atoms with van der Waals surface area (Å²) < 4.78 is 0. The molecule has 0 aliphatic heterocycles. The monoisotopic (exact) mass is 244 g/mol. The average Bonchev–Trinajstić information content (AvgIpc) is 3.23. The normalized spacial score (nSPS) is 18.7. The van der Waals surface area contributed by atoms with E-state index in [9.17, 15) is 0 Å². The number of amidine groups is 1. The fourth-order valence-corrected chi connectivity index (χ4v) is 2.33. The summed E-state index contributed by atoms with van der Waals surface area (Å²) in [4.78, 5) is 6.82. The Morgan fingerprint density at radius 3 is 2.39 bits per heavy atom. The van der Waals surface area contributed by atoms with E-state index in [1.54, 1.807) is 6.20 Å². The molecule has 2 aliphatic carbocycles. The minimum Gasteiger partial charge on any atom is -0.384 e. The van der Waals surface area contributed by atoms with Gasteiger partial charge < -0.3 is 10.6 Å². The van der Waals surface area contributed by atoms with Crippen LogP contribution in [-0.2, 0) is 0 Å². The van der Waals surface area contributed by atoms with Crippen molar-refractivity contribution in [2.24, 2.45) is 17.6 Å². The quantitative estimate of drug-likeness (QED) is 0.594. The maximum atomic E-state index is 7.68.